The number of ether oxygens (including phenoxy) is 1. The molecule has 0 fully saturated rings. The molecule has 3 aromatic heterocycles. The Balaban J connectivity index is 1.58. The Morgan fingerprint density at radius 3 is 2.65 bits per heavy atom. The number of hydrogen-bond donors (Lipinski definition) is 1. The van der Waals surface area contributed by atoms with Crippen LogP contribution in [0.5, 0.6) is 5.75 Å². The number of likely N-dealkylation sites (N-methyl/N-ethyl adjacent to an activating group) is 1. The maximum absolute atomic E-state index is 5.24. The Kier molecular flexibility index (Phi) is 6.08. The van der Waals surface area contributed by atoms with Gasteiger partial charge in [-0.05, 0) is 44.8 Å². The van der Waals surface area contributed by atoms with Gasteiger partial charge in [0.05, 0.1) is 37.4 Å². The molecule has 0 amide bonds. The number of aryl methyl sites for hydroxylation is 1. The molecule has 8 heteroatoms. The highest BCUT2D eigenvalue weighted by atomic mass is 16.5. The van der Waals surface area contributed by atoms with E-state index in [0.717, 1.165) is 58.2 Å². The number of anilines is 1. The molecular weight excluding hydrogens is 390 g/mol. The zero-order valence-electron chi connectivity index (χ0n) is 18.3. The first kappa shape index (κ1) is 20.7. The fourth-order valence-electron chi connectivity index (χ4n) is 3.36. The van der Waals surface area contributed by atoms with Crippen LogP contribution < -0.4 is 10.1 Å². The zero-order chi connectivity index (χ0) is 21.8. The van der Waals surface area contributed by atoms with Crippen molar-refractivity contribution in [3.63, 3.8) is 0 Å². The highest BCUT2D eigenvalue weighted by molar-refractivity contribution is 5.82. The van der Waals surface area contributed by atoms with E-state index in [1.165, 1.54) is 0 Å². The van der Waals surface area contributed by atoms with Crippen molar-refractivity contribution in [2.24, 2.45) is 0 Å². The predicted molar refractivity (Wildman–Crippen MR) is 122 cm³/mol. The first-order valence-electron chi connectivity index (χ1n) is 10.2. The minimum Gasteiger partial charge on any atom is -0.497 e. The summed E-state index contributed by atoms with van der Waals surface area (Å²) in [4.78, 5) is 15.9. The highest BCUT2D eigenvalue weighted by Gasteiger charge is 2.12. The van der Waals surface area contributed by atoms with Crippen LogP contribution in [0.3, 0.4) is 0 Å². The fourth-order valence-corrected chi connectivity index (χ4v) is 3.36. The van der Waals surface area contributed by atoms with Gasteiger partial charge in [0.2, 0.25) is 0 Å². The van der Waals surface area contributed by atoms with Gasteiger partial charge in [-0.25, -0.2) is 14.6 Å². The van der Waals surface area contributed by atoms with E-state index in [4.69, 9.17) is 19.8 Å². The third kappa shape index (κ3) is 4.80. The number of rotatable bonds is 8. The van der Waals surface area contributed by atoms with Crippen LogP contribution in [0.15, 0.2) is 48.9 Å². The first-order chi connectivity index (χ1) is 15.0. The molecule has 4 rings (SSSR count). The van der Waals surface area contributed by atoms with Crippen molar-refractivity contribution in [3.8, 4) is 17.0 Å². The van der Waals surface area contributed by atoms with Crippen molar-refractivity contribution in [1.29, 1.82) is 0 Å². The van der Waals surface area contributed by atoms with Crippen LogP contribution in [0.2, 0.25) is 0 Å². The molecule has 0 atom stereocenters. The number of pyridine rings is 1. The van der Waals surface area contributed by atoms with Gasteiger partial charge in [-0.2, -0.15) is 5.10 Å². The molecule has 0 saturated heterocycles. The summed E-state index contributed by atoms with van der Waals surface area (Å²) < 4.78 is 7.17. The number of fused-ring (bicyclic) bond motifs is 1. The normalized spacial score (nSPS) is 11.3. The standard InChI is InChI=1S/C23H27N7O/c1-16-20-11-18(21-13-24-14-22(27-21)25-9-10-29(2)3)12-26-23(20)30(28-16)15-17-5-7-19(31-4)8-6-17/h5-8,11-14H,9-10,15H2,1-4H3,(H,25,27). The van der Waals surface area contributed by atoms with Crippen molar-refractivity contribution < 1.29 is 4.74 Å². The first-order valence-corrected chi connectivity index (χ1v) is 10.2. The van der Waals surface area contributed by atoms with E-state index in [9.17, 15) is 0 Å². The number of nitrogens with one attached hydrogen (secondary N) is 1. The van der Waals surface area contributed by atoms with Crippen LogP contribution in [-0.4, -0.2) is 63.9 Å². The molecule has 0 aliphatic carbocycles. The lowest BCUT2D eigenvalue weighted by molar-refractivity contribution is 0.414. The number of hydrogen-bond acceptors (Lipinski definition) is 7. The number of nitrogens with zero attached hydrogens (tertiary/aromatic N) is 6. The van der Waals surface area contributed by atoms with Gasteiger partial charge in [0, 0.05) is 30.2 Å². The Hall–Kier alpha value is -3.52. The molecule has 8 nitrogen and oxygen atoms in total. The maximum atomic E-state index is 5.24. The molecule has 0 aliphatic rings. The van der Waals surface area contributed by atoms with Crippen molar-refractivity contribution in [2.45, 2.75) is 13.5 Å². The minimum atomic E-state index is 0.645. The second kappa shape index (κ2) is 9.09. The molecule has 1 N–H and O–H groups in total. The van der Waals surface area contributed by atoms with E-state index < -0.39 is 0 Å². The summed E-state index contributed by atoms with van der Waals surface area (Å²) in [6.07, 6.45) is 5.34. The van der Waals surface area contributed by atoms with Gasteiger partial charge in [0.25, 0.3) is 0 Å². The smallest absolute Gasteiger partial charge is 0.158 e. The van der Waals surface area contributed by atoms with E-state index in [0.29, 0.717) is 6.54 Å². The molecule has 160 valence electrons. The number of methoxy groups -OCH3 is 1. The molecule has 4 aromatic rings. The Morgan fingerprint density at radius 1 is 1.10 bits per heavy atom. The Bertz CT molecular complexity index is 1170. The monoisotopic (exact) mass is 417 g/mol. The lowest BCUT2D eigenvalue weighted by atomic mass is 10.1. The lowest BCUT2D eigenvalue weighted by Gasteiger charge is -2.11. The molecule has 0 radical (unpaired) electrons. The van der Waals surface area contributed by atoms with Crippen LogP contribution in [0, 0.1) is 6.92 Å². The van der Waals surface area contributed by atoms with Gasteiger partial charge in [-0.1, -0.05) is 12.1 Å². The summed E-state index contributed by atoms with van der Waals surface area (Å²) >= 11 is 0. The van der Waals surface area contributed by atoms with Gasteiger partial charge in [0.15, 0.2) is 5.65 Å². The lowest BCUT2D eigenvalue weighted by Crippen LogP contribution is -2.21. The maximum Gasteiger partial charge on any atom is 0.158 e. The zero-order valence-corrected chi connectivity index (χ0v) is 18.3. The Morgan fingerprint density at radius 2 is 1.90 bits per heavy atom. The molecule has 0 spiro atoms. The van der Waals surface area contributed by atoms with Crippen molar-refractivity contribution >= 4 is 16.9 Å². The third-order valence-electron chi connectivity index (χ3n) is 5.06. The van der Waals surface area contributed by atoms with Crippen LogP contribution in [-0.2, 0) is 6.54 Å². The summed E-state index contributed by atoms with van der Waals surface area (Å²) in [7, 11) is 5.75. The minimum absolute atomic E-state index is 0.645. The average molecular weight is 418 g/mol. The van der Waals surface area contributed by atoms with Crippen LogP contribution in [0.4, 0.5) is 5.82 Å². The molecule has 0 unspecified atom stereocenters. The molecule has 31 heavy (non-hydrogen) atoms. The van der Waals surface area contributed by atoms with Gasteiger partial charge in [-0.15, -0.1) is 0 Å². The summed E-state index contributed by atoms with van der Waals surface area (Å²) in [5.74, 6) is 1.60. The van der Waals surface area contributed by atoms with E-state index in [1.54, 1.807) is 19.5 Å². The van der Waals surface area contributed by atoms with Crippen molar-refractivity contribution in [1.82, 2.24) is 29.6 Å². The van der Waals surface area contributed by atoms with Gasteiger partial charge in [0.1, 0.15) is 11.6 Å². The summed E-state index contributed by atoms with van der Waals surface area (Å²) in [5.41, 5.74) is 4.63. The summed E-state index contributed by atoms with van der Waals surface area (Å²) in [6, 6.07) is 10.1. The van der Waals surface area contributed by atoms with Gasteiger partial charge < -0.3 is 15.0 Å². The van der Waals surface area contributed by atoms with Crippen molar-refractivity contribution in [3.05, 3.63) is 60.2 Å². The molecule has 1 aromatic carbocycles. The Labute approximate surface area is 181 Å². The number of aromatic nitrogens is 5. The summed E-state index contributed by atoms with van der Waals surface area (Å²) in [6.45, 7) is 4.38. The topological polar surface area (TPSA) is 81.0 Å². The average Bonchev–Trinajstić information content (AvgIpc) is 3.09. The van der Waals surface area contributed by atoms with Gasteiger partial charge in [-0.3, -0.25) is 4.98 Å². The van der Waals surface area contributed by atoms with E-state index in [1.807, 2.05) is 56.2 Å². The second-order valence-corrected chi connectivity index (χ2v) is 7.71. The highest BCUT2D eigenvalue weighted by Crippen LogP contribution is 2.24. The fraction of sp³-hybridized carbons (Fsp3) is 0.304. The quantitative estimate of drug-likeness (QED) is 0.471. The summed E-state index contributed by atoms with van der Waals surface area (Å²) in [5, 5.41) is 9.03. The van der Waals surface area contributed by atoms with Crippen LogP contribution in [0.25, 0.3) is 22.3 Å². The molecule has 3 heterocycles. The van der Waals surface area contributed by atoms with E-state index in [2.05, 4.69) is 21.3 Å². The molecular formula is C23H27N7O. The van der Waals surface area contributed by atoms with Gasteiger partial charge >= 0.3 is 0 Å². The second-order valence-electron chi connectivity index (χ2n) is 7.71. The van der Waals surface area contributed by atoms with Crippen LogP contribution in [0.1, 0.15) is 11.3 Å². The largest absolute Gasteiger partial charge is 0.497 e. The molecule has 0 aliphatic heterocycles. The van der Waals surface area contributed by atoms with Crippen LogP contribution >= 0.6 is 0 Å². The predicted octanol–water partition coefficient (Wildman–Crippen LogP) is 3.23. The molecule has 0 saturated carbocycles. The van der Waals surface area contributed by atoms with E-state index >= 15 is 0 Å². The SMILES string of the molecule is COc1ccc(Cn2nc(C)c3cc(-c4cncc(NCCN(C)C)n4)cnc32)cc1. The molecule has 0 bridgehead atoms. The number of benzene rings is 1. The third-order valence-corrected chi connectivity index (χ3v) is 5.06. The van der Waals surface area contributed by atoms with E-state index in [-0.39, 0.29) is 0 Å². The van der Waals surface area contributed by atoms with Crippen molar-refractivity contribution in [2.75, 3.05) is 39.6 Å².